The molecule has 1 nitrogen and oxygen atoms in total. The zero-order chi connectivity index (χ0) is 11.5. The summed E-state index contributed by atoms with van der Waals surface area (Å²) in [7, 11) is 0. The Morgan fingerprint density at radius 1 is 1.69 bits per heavy atom. The van der Waals surface area contributed by atoms with Crippen LogP contribution in [0.4, 0.5) is 0 Å². The Morgan fingerprint density at radius 3 is 2.94 bits per heavy atom. The van der Waals surface area contributed by atoms with Gasteiger partial charge in [-0.1, -0.05) is 24.1 Å². The highest BCUT2D eigenvalue weighted by molar-refractivity contribution is 9.10. The molecule has 0 aliphatic heterocycles. The Morgan fingerprint density at radius 2 is 2.44 bits per heavy atom. The Labute approximate surface area is 114 Å². The first kappa shape index (κ1) is 12.6. The summed E-state index contributed by atoms with van der Waals surface area (Å²) in [6.45, 7) is 3.21. The number of halogens is 2. The molecule has 1 heterocycles. The fraction of sp³-hybridized carbons (Fsp3) is 0.500. The maximum atomic E-state index is 6.02. The van der Waals surface area contributed by atoms with Gasteiger partial charge in [-0.3, -0.25) is 0 Å². The lowest BCUT2D eigenvalue weighted by Crippen LogP contribution is -2.18. The molecule has 0 radical (unpaired) electrons. The summed E-state index contributed by atoms with van der Waals surface area (Å²) >= 11 is 11.1. The number of rotatable bonds is 5. The molecule has 1 N–H and O–H groups in total. The highest BCUT2D eigenvalue weighted by Gasteiger charge is 2.20. The highest BCUT2D eigenvalue weighted by atomic mass is 79.9. The van der Waals surface area contributed by atoms with Gasteiger partial charge in [0.05, 0.1) is 0 Å². The zero-order valence-corrected chi connectivity index (χ0v) is 12.4. The van der Waals surface area contributed by atoms with Crippen molar-refractivity contribution in [3.8, 4) is 0 Å². The van der Waals surface area contributed by atoms with Gasteiger partial charge in [-0.05, 0) is 47.3 Å². The van der Waals surface area contributed by atoms with Crippen LogP contribution in [-0.4, -0.2) is 12.6 Å². The predicted octanol–water partition coefficient (Wildman–Crippen LogP) is 4.71. The molecule has 0 aromatic carbocycles. The first-order valence-corrected chi connectivity index (χ1v) is 7.55. The minimum atomic E-state index is 0.772. The maximum absolute atomic E-state index is 6.02. The van der Waals surface area contributed by atoms with Crippen molar-refractivity contribution >= 4 is 44.9 Å². The molecule has 4 heteroatoms. The summed E-state index contributed by atoms with van der Waals surface area (Å²) < 4.78 is 1.83. The normalized spacial score (nSPS) is 16.8. The fourth-order valence-electron chi connectivity index (χ4n) is 1.48. The van der Waals surface area contributed by atoms with Gasteiger partial charge in [-0.2, -0.15) is 0 Å². The van der Waals surface area contributed by atoms with Gasteiger partial charge >= 0.3 is 0 Å². The number of nitrogens with one attached hydrogen (secondary N) is 1. The van der Waals surface area contributed by atoms with Gasteiger partial charge in [0, 0.05) is 21.9 Å². The molecule has 1 aromatic heterocycles. The van der Waals surface area contributed by atoms with Crippen molar-refractivity contribution in [2.75, 3.05) is 6.54 Å². The van der Waals surface area contributed by atoms with Crippen LogP contribution < -0.4 is 5.32 Å². The maximum Gasteiger partial charge on any atom is 0.108 e. The van der Waals surface area contributed by atoms with Crippen molar-refractivity contribution in [1.29, 1.82) is 0 Å². The van der Waals surface area contributed by atoms with Crippen LogP contribution in [0.5, 0.6) is 0 Å². The van der Waals surface area contributed by atoms with Crippen LogP contribution in [0.3, 0.4) is 0 Å². The molecular weight excluding hydrogens is 306 g/mol. The molecule has 1 fully saturated rings. The largest absolute Gasteiger partial charge is 0.310 e. The van der Waals surface area contributed by atoms with Crippen LogP contribution in [0, 0.1) is 0 Å². The average Bonchev–Trinajstić information content (AvgIpc) is 3.02. The first-order chi connectivity index (χ1) is 7.69. The van der Waals surface area contributed by atoms with E-state index in [1.54, 1.807) is 11.3 Å². The van der Waals surface area contributed by atoms with E-state index in [4.69, 9.17) is 11.6 Å². The third kappa shape index (κ3) is 3.59. The molecular formula is C12H15BrClNS. The molecule has 0 spiro atoms. The van der Waals surface area contributed by atoms with E-state index < -0.39 is 0 Å². The van der Waals surface area contributed by atoms with E-state index >= 15 is 0 Å². The van der Waals surface area contributed by atoms with Crippen molar-refractivity contribution in [1.82, 2.24) is 5.32 Å². The zero-order valence-electron chi connectivity index (χ0n) is 9.22. The van der Waals surface area contributed by atoms with Gasteiger partial charge in [0.1, 0.15) is 4.34 Å². The molecule has 0 atom stereocenters. The number of hydrogen-bond acceptors (Lipinski definition) is 2. The molecule has 88 valence electrons. The third-order valence-electron chi connectivity index (χ3n) is 2.66. The highest BCUT2D eigenvalue weighted by Crippen LogP contribution is 2.33. The molecule has 2 rings (SSSR count). The van der Waals surface area contributed by atoms with Gasteiger partial charge in [0.25, 0.3) is 0 Å². The van der Waals surface area contributed by atoms with E-state index in [2.05, 4.69) is 40.3 Å². The minimum Gasteiger partial charge on any atom is -0.310 e. The Bertz CT molecular complexity index is 376. The van der Waals surface area contributed by atoms with Gasteiger partial charge in [-0.15, -0.1) is 11.3 Å². The second-order valence-corrected chi connectivity index (χ2v) is 6.62. The summed E-state index contributed by atoms with van der Waals surface area (Å²) in [5.74, 6) is 0. The van der Waals surface area contributed by atoms with E-state index in [9.17, 15) is 0 Å². The lowest BCUT2D eigenvalue weighted by Gasteiger charge is -2.05. The van der Waals surface area contributed by atoms with Crippen LogP contribution in [0.2, 0.25) is 4.34 Å². The predicted molar refractivity (Wildman–Crippen MR) is 76.3 cm³/mol. The molecule has 0 unspecified atom stereocenters. The molecule has 16 heavy (non-hydrogen) atoms. The van der Waals surface area contributed by atoms with Crippen LogP contribution in [0.15, 0.2) is 16.1 Å². The Hall–Kier alpha value is 0.170. The standard InChI is InChI=1S/C12H15BrClNS/c1-2-8(7-15-9-3-4-9)5-10-6-11(13)12(14)16-10/h5-6,9,15H,2-4,7H2,1H3. The van der Waals surface area contributed by atoms with Crippen LogP contribution in [0.25, 0.3) is 6.08 Å². The number of thiophene rings is 1. The van der Waals surface area contributed by atoms with E-state index in [0.29, 0.717) is 0 Å². The second-order valence-electron chi connectivity index (χ2n) is 4.08. The molecule has 1 aromatic rings. The summed E-state index contributed by atoms with van der Waals surface area (Å²) in [5, 5.41) is 3.54. The van der Waals surface area contributed by atoms with Crippen molar-refractivity contribution in [3.63, 3.8) is 0 Å². The van der Waals surface area contributed by atoms with Crippen molar-refractivity contribution in [2.24, 2.45) is 0 Å². The van der Waals surface area contributed by atoms with Crippen molar-refractivity contribution in [2.45, 2.75) is 32.2 Å². The summed E-state index contributed by atoms with van der Waals surface area (Å²) in [4.78, 5) is 1.23. The average molecular weight is 321 g/mol. The first-order valence-electron chi connectivity index (χ1n) is 5.56. The Kier molecular flexibility index (Phi) is 4.48. The molecule has 0 bridgehead atoms. The quantitative estimate of drug-likeness (QED) is 0.828. The number of hydrogen-bond donors (Lipinski definition) is 1. The molecule has 1 saturated carbocycles. The molecule has 1 aliphatic rings. The Balaban J connectivity index is 2.00. The van der Waals surface area contributed by atoms with E-state index in [0.717, 1.165) is 27.8 Å². The van der Waals surface area contributed by atoms with Crippen LogP contribution >= 0.6 is 38.9 Å². The fourth-order valence-corrected chi connectivity index (χ4v) is 3.21. The van der Waals surface area contributed by atoms with Gasteiger partial charge in [-0.25, -0.2) is 0 Å². The van der Waals surface area contributed by atoms with E-state index in [1.807, 2.05) is 0 Å². The topological polar surface area (TPSA) is 12.0 Å². The smallest absolute Gasteiger partial charge is 0.108 e. The van der Waals surface area contributed by atoms with Crippen LogP contribution in [-0.2, 0) is 0 Å². The lowest BCUT2D eigenvalue weighted by atomic mass is 10.2. The SMILES string of the molecule is CCC(=Cc1cc(Br)c(Cl)s1)CNC1CC1. The third-order valence-corrected chi connectivity index (χ3v) is 5.08. The summed E-state index contributed by atoms with van der Waals surface area (Å²) in [6, 6.07) is 2.85. The monoisotopic (exact) mass is 319 g/mol. The van der Waals surface area contributed by atoms with Crippen LogP contribution in [0.1, 0.15) is 31.1 Å². The van der Waals surface area contributed by atoms with Crippen molar-refractivity contribution in [3.05, 3.63) is 25.3 Å². The summed E-state index contributed by atoms with van der Waals surface area (Å²) in [6.07, 6.45) is 6.02. The van der Waals surface area contributed by atoms with Gasteiger partial charge in [0.2, 0.25) is 0 Å². The molecule has 1 aliphatic carbocycles. The van der Waals surface area contributed by atoms with Gasteiger partial charge < -0.3 is 5.32 Å². The van der Waals surface area contributed by atoms with E-state index in [1.165, 1.54) is 23.3 Å². The minimum absolute atomic E-state index is 0.772. The molecule has 0 saturated heterocycles. The van der Waals surface area contributed by atoms with E-state index in [-0.39, 0.29) is 0 Å². The summed E-state index contributed by atoms with van der Waals surface area (Å²) in [5.41, 5.74) is 1.44. The molecule has 0 amide bonds. The van der Waals surface area contributed by atoms with Crippen molar-refractivity contribution < 1.29 is 0 Å². The second kappa shape index (κ2) is 5.67. The van der Waals surface area contributed by atoms with Gasteiger partial charge in [0.15, 0.2) is 0 Å². The lowest BCUT2D eigenvalue weighted by molar-refractivity contribution is 0.723.